The first-order valence-corrected chi connectivity index (χ1v) is 30.5. The van der Waals surface area contributed by atoms with Gasteiger partial charge in [-0.05, 0) is 0 Å². The quantitative estimate of drug-likeness (QED) is 0.0959. The molecule has 0 aliphatic carbocycles. The zero-order valence-corrected chi connectivity index (χ0v) is 35.6. The normalized spacial score (nSPS) is 14.5. The van der Waals surface area contributed by atoms with Gasteiger partial charge in [-0.15, -0.1) is 0 Å². The third kappa shape index (κ3) is 7.28. The topological polar surface area (TPSA) is 388 Å². The SMILES string of the molecule is CS(=O)(=O)c1n[nH]c(S(C)(=O)=O)c1[Si](c1c(S(C)(=O)=O)n[nH]c1S(C)(=O)=O)(c1c(S(C)(=O)=O)n[nH]c1S(C)(=O)=O)c1c(S(C)(=O)=O)n[nH]c1S(C)(=O)=O. The molecular weight excluding hydrogens is 893 g/mol. The Morgan fingerprint density at radius 2 is 0.453 bits per heavy atom. The van der Waals surface area contributed by atoms with Crippen molar-refractivity contribution in [2.24, 2.45) is 0 Å². The van der Waals surface area contributed by atoms with E-state index in [2.05, 4.69) is 20.4 Å². The second-order valence-electron chi connectivity index (χ2n) is 11.9. The lowest BCUT2D eigenvalue weighted by Crippen LogP contribution is -2.79. The summed E-state index contributed by atoms with van der Waals surface area (Å²) < 4.78 is 218. The number of aromatic amines is 4. The molecule has 0 aliphatic heterocycles. The monoisotopic (exact) mass is 920 g/mol. The molecule has 0 radical (unpaired) electrons. The van der Waals surface area contributed by atoms with Crippen LogP contribution in [0.4, 0.5) is 0 Å². The highest BCUT2D eigenvalue weighted by Crippen LogP contribution is 2.30. The molecule has 0 aromatic carbocycles. The molecule has 4 heterocycles. The van der Waals surface area contributed by atoms with Gasteiger partial charge in [-0.3, -0.25) is 20.4 Å². The van der Waals surface area contributed by atoms with Crippen molar-refractivity contribution in [3.8, 4) is 0 Å². The predicted octanol–water partition coefficient (Wildman–Crippen LogP) is -6.82. The maximum absolute atomic E-state index is 13.6. The average molecular weight is 921 g/mol. The second kappa shape index (κ2) is 12.3. The Hall–Kier alpha value is -3.34. The van der Waals surface area contributed by atoms with E-state index >= 15 is 0 Å². The van der Waals surface area contributed by atoms with Crippen LogP contribution in [0.1, 0.15) is 0 Å². The van der Waals surface area contributed by atoms with Crippen LogP contribution in [0.25, 0.3) is 0 Å². The molecule has 0 fully saturated rings. The molecule has 53 heavy (non-hydrogen) atoms. The maximum Gasteiger partial charge on any atom is 0.207 e. The molecule has 0 amide bonds. The van der Waals surface area contributed by atoms with E-state index in [-0.39, 0.29) is 0 Å². The van der Waals surface area contributed by atoms with Crippen LogP contribution >= 0.6 is 0 Å². The van der Waals surface area contributed by atoms with Crippen LogP contribution in [0.5, 0.6) is 0 Å². The lowest BCUT2D eigenvalue weighted by atomic mass is 10.6. The van der Waals surface area contributed by atoms with Gasteiger partial charge in [0.2, 0.25) is 8.07 Å². The Bertz CT molecular complexity index is 2530. The molecule has 0 aliphatic rings. The minimum absolute atomic E-state index is 0.386. The van der Waals surface area contributed by atoms with E-state index in [0.717, 1.165) is 0 Å². The first-order valence-electron chi connectivity index (χ1n) is 13.4. The molecule has 0 bridgehead atoms. The largest absolute Gasteiger partial charge is 0.266 e. The molecule has 4 aromatic heterocycles. The Balaban J connectivity index is 2.93. The molecule has 0 saturated heterocycles. The van der Waals surface area contributed by atoms with Gasteiger partial charge in [0, 0.05) is 70.8 Å². The van der Waals surface area contributed by atoms with E-state index in [1.165, 1.54) is 0 Å². The van der Waals surface area contributed by atoms with Gasteiger partial charge in [-0.25, -0.2) is 67.3 Å². The van der Waals surface area contributed by atoms with Crippen LogP contribution in [-0.4, -0.2) is 166 Å². The van der Waals surface area contributed by atoms with E-state index in [9.17, 15) is 67.3 Å². The van der Waals surface area contributed by atoms with Crippen LogP contribution < -0.4 is 20.7 Å². The number of rotatable bonds is 12. The highest BCUT2D eigenvalue weighted by atomic mass is 32.2. The predicted molar refractivity (Wildman–Crippen MR) is 184 cm³/mol. The van der Waals surface area contributed by atoms with E-state index < -0.39 is 148 Å². The average Bonchev–Trinajstić information content (AvgIpc) is 3.70. The third-order valence-corrected chi connectivity index (χ3v) is 21.7. The van der Waals surface area contributed by atoms with Crippen LogP contribution in [-0.2, 0) is 78.7 Å². The lowest BCUT2D eigenvalue weighted by molar-refractivity contribution is 0.595. The highest BCUT2D eigenvalue weighted by Gasteiger charge is 2.62. The summed E-state index contributed by atoms with van der Waals surface area (Å²) in [5, 5.41) is 4.39. The van der Waals surface area contributed by atoms with Gasteiger partial charge in [0.05, 0.1) is 0 Å². The molecular formula is C20H28N8O16S8Si. The number of sulfone groups is 8. The van der Waals surface area contributed by atoms with E-state index in [4.69, 9.17) is 0 Å². The van der Waals surface area contributed by atoms with Gasteiger partial charge in [0.1, 0.15) is 0 Å². The number of nitrogens with zero attached hydrogens (tertiary/aromatic N) is 4. The molecule has 24 nitrogen and oxygen atoms in total. The van der Waals surface area contributed by atoms with Gasteiger partial charge >= 0.3 is 0 Å². The Morgan fingerprint density at radius 3 is 0.566 bits per heavy atom. The lowest BCUT2D eigenvalue weighted by Gasteiger charge is -2.34. The Morgan fingerprint density at radius 1 is 0.302 bits per heavy atom. The van der Waals surface area contributed by atoms with Crippen molar-refractivity contribution in [3.63, 3.8) is 0 Å². The molecule has 0 spiro atoms. The first-order chi connectivity index (χ1) is 23.4. The molecule has 296 valence electrons. The first kappa shape index (κ1) is 42.4. The van der Waals surface area contributed by atoms with E-state index in [1.807, 2.05) is 20.4 Å². The summed E-state index contributed by atoms with van der Waals surface area (Å²) in [5.74, 6) is 0. The van der Waals surface area contributed by atoms with Gasteiger partial charge in [-0.2, -0.15) is 20.4 Å². The van der Waals surface area contributed by atoms with Crippen molar-refractivity contribution in [3.05, 3.63) is 0 Å². The minimum Gasteiger partial charge on any atom is -0.266 e. The Labute approximate surface area is 303 Å². The minimum atomic E-state index is -6.73. The summed E-state index contributed by atoms with van der Waals surface area (Å²) in [7, 11) is -47.3. The Kier molecular flexibility index (Phi) is 9.87. The van der Waals surface area contributed by atoms with Crippen LogP contribution in [0.2, 0.25) is 0 Å². The van der Waals surface area contributed by atoms with Crippen molar-refractivity contribution in [2.45, 2.75) is 40.2 Å². The number of hydrogen-bond acceptors (Lipinski definition) is 20. The number of aromatic nitrogens is 8. The fourth-order valence-electron chi connectivity index (χ4n) is 5.46. The molecule has 4 N–H and O–H groups in total. The van der Waals surface area contributed by atoms with Crippen molar-refractivity contribution in [1.82, 2.24) is 40.8 Å². The number of H-pyrrole nitrogens is 4. The molecule has 0 saturated carbocycles. The van der Waals surface area contributed by atoms with E-state index in [1.54, 1.807) is 0 Å². The van der Waals surface area contributed by atoms with E-state index in [0.29, 0.717) is 50.0 Å². The molecule has 0 unspecified atom stereocenters. The summed E-state index contributed by atoms with van der Waals surface area (Å²) in [6.45, 7) is 0. The van der Waals surface area contributed by atoms with Gasteiger partial charge in [-0.1, -0.05) is 0 Å². The molecule has 4 aromatic rings. The van der Waals surface area contributed by atoms with Crippen LogP contribution in [0.15, 0.2) is 40.2 Å². The van der Waals surface area contributed by atoms with Gasteiger partial charge in [0.25, 0.3) is 0 Å². The molecule has 0 atom stereocenters. The summed E-state index contributed by atoms with van der Waals surface area (Å²) in [5.41, 5.74) is 0. The van der Waals surface area contributed by atoms with Gasteiger partial charge < -0.3 is 0 Å². The smallest absolute Gasteiger partial charge is 0.207 e. The van der Waals surface area contributed by atoms with Crippen LogP contribution in [0.3, 0.4) is 0 Å². The fraction of sp³-hybridized carbons (Fsp3) is 0.400. The molecule has 33 heteroatoms. The summed E-state index contributed by atoms with van der Waals surface area (Å²) in [6.07, 6.45) is 3.13. The fourth-order valence-corrected chi connectivity index (χ4v) is 23.9. The van der Waals surface area contributed by atoms with Crippen LogP contribution in [0, 0.1) is 0 Å². The summed E-state index contributed by atoms with van der Waals surface area (Å²) in [4.78, 5) is 0. The van der Waals surface area contributed by atoms with Crippen molar-refractivity contribution < 1.29 is 67.3 Å². The third-order valence-electron chi connectivity index (χ3n) is 7.19. The summed E-state index contributed by atoms with van der Waals surface area (Å²) in [6, 6.07) is 0. The van der Waals surface area contributed by atoms with Crippen molar-refractivity contribution in [2.75, 3.05) is 50.0 Å². The van der Waals surface area contributed by atoms with Crippen molar-refractivity contribution >= 4 is 108 Å². The molecule has 4 rings (SSSR count). The zero-order chi connectivity index (χ0) is 41.1. The summed E-state index contributed by atoms with van der Waals surface area (Å²) >= 11 is 0. The number of hydrogen-bond donors (Lipinski definition) is 4. The highest BCUT2D eigenvalue weighted by molar-refractivity contribution is 7.94. The van der Waals surface area contributed by atoms with Gasteiger partial charge in [0.15, 0.2) is 119 Å². The zero-order valence-electron chi connectivity index (χ0n) is 28.1. The van der Waals surface area contributed by atoms with Crippen molar-refractivity contribution in [1.29, 1.82) is 0 Å². The standard InChI is InChI=1S/C20H28N8O16S8Si/c1-45(29,30)13-9(14(22-21-13)46(2,31)32)53(10-15(47(3,33)34)23-24-16(10)48(4,35)36,11-17(49(5,37)38)25-26-18(11)50(6,39)40)12-19(51(7,41)42)27-28-20(12)52(8,43)44/h1-8H3,(H,21,22)(H,23,24)(H,25,26)(H,27,28). The maximum atomic E-state index is 13.6. The second-order valence-corrected chi connectivity index (χ2v) is 30.9. The number of nitrogens with one attached hydrogen (secondary N) is 4.